The molecule has 2 heterocycles. The van der Waals surface area contributed by atoms with Gasteiger partial charge >= 0.3 is 0 Å². The lowest BCUT2D eigenvalue weighted by atomic mass is 10.00. The zero-order valence-electron chi connectivity index (χ0n) is 13.4. The highest BCUT2D eigenvalue weighted by atomic mass is 15.0. The van der Waals surface area contributed by atoms with Gasteiger partial charge in [0.1, 0.15) is 5.82 Å². The van der Waals surface area contributed by atoms with Crippen LogP contribution in [0, 0.1) is 19.8 Å². The molecule has 4 nitrogen and oxygen atoms in total. The van der Waals surface area contributed by atoms with Crippen LogP contribution in [0.3, 0.4) is 0 Å². The smallest absolute Gasteiger partial charge is 0.161 e. The van der Waals surface area contributed by atoms with Gasteiger partial charge in [0.2, 0.25) is 0 Å². The van der Waals surface area contributed by atoms with E-state index in [4.69, 9.17) is 4.98 Å². The van der Waals surface area contributed by atoms with Crippen molar-refractivity contribution in [3.63, 3.8) is 0 Å². The molecule has 1 unspecified atom stereocenters. The van der Waals surface area contributed by atoms with Crippen molar-refractivity contribution >= 4 is 5.82 Å². The van der Waals surface area contributed by atoms with Crippen molar-refractivity contribution in [1.29, 1.82) is 0 Å². The summed E-state index contributed by atoms with van der Waals surface area (Å²) in [6.07, 6.45) is 2.55. The van der Waals surface area contributed by atoms with Crippen LogP contribution in [0.4, 0.5) is 5.82 Å². The highest BCUT2D eigenvalue weighted by Crippen LogP contribution is 2.22. The normalized spacial score (nSPS) is 18.2. The number of piperidine rings is 1. The highest BCUT2D eigenvalue weighted by Gasteiger charge is 2.14. The third kappa shape index (κ3) is 3.45. The van der Waals surface area contributed by atoms with Crippen LogP contribution in [0.1, 0.15) is 24.1 Å². The third-order valence-electron chi connectivity index (χ3n) is 4.38. The molecule has 0 bridgehead atoms. The summed E-state index contributed by atoms with van der Waals surface area (Å²) in [5.41, 5.74) is 3.24. The molecule has 0 saturated carbocycles. The first-order valence-electron chi connectivity index (χ1n) is 8.09. The Hall–Kier alpha value is -1.94. The molecule has 1 aliphatic rings. The summed E-state index contributed by atoms with van der Waals surface area (Å²) >= 11 is 0. The van der Waals surface area contributed by atoms with Crippen LogP contribution in [0.25, 0.3) is 11.4 Å². The average molecular weight is 296 g/mol. The number of hydrogen-bond acceptors (Lipinski definition) is 4. The highest BCUT2D eigenvalue weighted by molar-refractivity contribution is 5.59. The van der Waals surface area contributed by atoms with E-state index < -0.39 is 0 Å². The molecule has 0 aliphatic carbocycles. The van der Waals surface area contributed by atoms with Crippen LogP contribution < -0.4 is 10.6 Å². The fourth-order valence-corrected chi connectivity index (χ4v) is 2.86. The summed E-state index contributed by atoms with van der Waals surface area (Å²) in [6.45, 7) is 7.36. The molecular formula is C18H24N4. The standard InChI is InChI=1S/C18H24N4/c1-13-14(2)21-18(16-8-4-3-5-9-16)22-17(13)20-12-15-7-6-10-19-11-15/h3-5,8-9,15,19H,6-7,10-12H2,1-2H3,(H,20,21,22). The van der Waals surface area contributed by atoms with Gasteiger partial charge in [-0.3, -0.25) is 0 Å². The minimum Gasteiger partial charge on any atom is -0.369 e. The molecule has 2 N–H and O–H groups in total. The minimum absolute atomic E-state index is 0.684. The van der Waals surface area contributed by atoms with E-state index in [9.17, 15) is 0 Å². The zero-order valence-corrected chi connectivity index (χ0v) is 13.4. The van der Waals surface area contributed by atoms with Crippen molar-refractivity contribution in [2.24, 2.45) is 5.92 Å². The second-order valence-corrected chi connectivity index (χ2v) is 6.07. The van der Waals surface area contributed by atoms with Gasteiger partial charge in [-0.1, -0.05) is 30.3 Å². The maximum absolute atomic E-state index is 4.75. The van der Waals surface area contributed by atoms with Gasteiger partial charge in [-0.2, -0.15) is 0 Å². The van der Waals surface area contributed by atoms with Crippen molar-refractivity contribution in [3.05, 3.63) is 41.6 Å². The Morgan fingerprint density at radius 1 is 1.18 bits per heavy atom. The van der Waals surface area contributed by atoms with Gasteiger partial charge in [-0.05, 0) is 45.7 Å². The molecule has 2 aromatic rings. The van der Waals surface area contributed by atoms with Gasteiger partial charge in [-0.25, -0.2) is 9.97 Å². The first kappa shape index (κ1) is 15.0. The van der Waals surface area contributed by atoms with Gasteiger partial charge in [0.05, 0.1) is 0 Å². The summed E-state index contributed by atoms with van der Waals surface area (Å²) < 4.78 is 0. The molecule has 1 aromatic heterocycles. The number of hydrogen-bond donors (Lipinski definition) is 2. The van der Waals surface area contributed by atoms with Crippen LogP contribution in [0.15, 0.2) is 30.3 Å². The van der Waals surface area contributed by atoms with E-state index in [0.29, 0.717) is 5.92 Å². The van der Waals surface area contributed by atoms with Crippen LogP contribution in [-0.2, 0) is 0 Å². The van der Waals surface area contributed by atoms with Crippen molar-refractivity contribution in [1.82, 2.24) is 15.3 Å². The number of nitrogens with zero attached hydrogens (tertiary/aromatic N) is 2. The molecule has 3 rings (SSSR count). The van der Waals surface area contributed by atoms with E-state index >= 15 is 0 Å². The molecule has 0 spiro atoms. The maximum Gasteiger partial charge on any atom is 0.161 e. The number of rotatable bonds is 4. The van der Waals surface area contributed by atoms with Crippen LogP contribution in [0.2, 0.25) is 0 Å². The number of nitrogens with one attached hydrogen (secondary N) is 2. The average Bonchev–Trinajstić information content (AvgIpc) is 2.58. The molecule has 1 fully saturated rings. The topological polar surface area (TPSA) is 49.8 Å². The van der Waals surface area contributed by atoms with Crippen LogP contribution in [-0.4, -0.2) is 29.6 Å². The molecule has 0 radical (unpaired) electrons. The largest absolute Gasteiger partial charge is 0.369 e. The van der Waals surface area contributed by atoms with Gasteiger partial charge < -0.3 is 10.6 Å². The Balaban J connectivity index is 1.79. The number of benzene rings is 1. The predicted octanol–water partition coefficient (Wildman–Crippen LogP) is 3.17. The summed E-state index contributed by atoms with van der Waals surface area (Å²) in [6, 6.07) is 10.2. The van der Waals surface area contributed by atoms with Crippen LogP contribution >= 0.6 is 0 Å². The van der Waals surface area contributed by atoms with Crippen LogP contribution in [0.5, 0.6) is 0 Å². The molecular weight excluding hydrogens is 272 g/mol. The molecule has 1 saturated heterocycles. The van der Waals surface area contributed by atoms with Gasteiger partial charge in [0.15, 0.2) is 5.82 Å². The van der Waals surface area contributed by atoms with Crippen molar-refractivity contribution in [2.75, 3.05) is 25.0 Å². The number of anilines is 1. The molecule has 0 amide bonds. The summed E-state index contributed by atoms with van der Waals surface area (Å²) in [5, 5.41) is 7.00. The molecule has 1 aromatic carbocycles. The first-order valence-corrected chi connectivity index (χ1v) is 8.09. The predicted molar refractivity (Wildman–Crippen MR) is 91.0 cm³/mol. The van der Waals surface area contributed by atoms with E-state index in [1.54, 1.807) is 0 Å². The van der Waals surface area contributed by atoms with Crippen molar-refractivity contribution in [3.8, 4) is 11.4 Å². The van der Waals surface area contributed by atoms with Gasteiger partial charge in [-0.15, -0.1) is 0 Å². The monoisotopic (exact) mass is 296 g/mol. The summed E-state index contributed by atoms with van der Waals surface area (Å²) in [5.74, 6) is 2.45. The second-order valence-electron chi connectivity index (χ2n) is 6.07. The second kappa shape index (κ2) is 6.88. The first-order chi connectivity index (χ1) is 10.7. The minimum atomic E-state index is 0.684. The lowest BCUT2D eigenvalue weighted by molar-refractivity contribution is 0.392. The van der Waals surface area contributed by atoms with Gasteiger partial charge in [0, 0.05) is 23.4 Å². The van der Waals surface area contributed by atoms with Crippen molar-refractivity contribution < 1.29 is 0 Å². The van der Waals surface area contributed by atoms with E-state index in [2.05, 4.69) is 41.6 Å². The Morgan fingerprint density at radius 2 is 2.00 bits per heavy atom. The van der Waals surface area contributed by atoms with E-state index in [1.807, 2.05) is 18.2 Å². The lowest BCUT2D eigenvalue weighted by Gasteiger charge is -2.23. The SMILES string of the molecule is Cc1nc(-c2ccccc2)nc(NCC2CCCNC2)c1C. The number of aryl methyl sites for hydroxylation is 1. The Bertz CT molecular complexity index is 618. The molecule has 1 atom stereocenters. The summed E-state index contributed by atoms with van der Waals surface area (Å²) in [4.78, 5) is 9.38. The third-order valence-corrected chi connectivity index (χ3v) is 4.38. The zero-order chi connectivity index (χ0) is 15.4. The Kier molecular flexibility index (Phi) is 4.68. The Morgan fingerprint density at radius 3 is 2.73 bits per heavy atom. The van der Waals surface area contributed by atoms with E-state index in [0.717, 1.165) is 48.1 Å². The van der Waals surface area contributed by atoms with Gasteiger partial charge in [0.25, 0.3) is 0 Å². The molecule has 1 aliphatic heterocycles. The van der Waals surface area contributed by atoms with Crippen molar-refractivity contribution in [2.45, 2.75) is 26.7 Å². The molecule has 22 heavy (non-hydrogen) atoms. The molecule has 116 valence electrons. The van der Waals surface area contributed by atoms with E-state index in [1.165, 1.54) is 12.8 Å². The van der Waals surface area contributed by atoms with E-state index in [-0.39, 0.29) is 0 Å². The Labute approximate surface area is 132 Å². The maximum atomic E-state index is 4.75. The molecule has 4 heteroatoms. The summed E-state index contributed by atoms with van der Waals surface area (Å²) in [7, 11) is 0. The lowest BCUT2D eigenvalue weighted by Crippen LogP contribution is -2.33. The fraction of sp³-hybridized carbons (Fsp3) is 0.444. The fourth-order valence-electron chi connectivity index (χ4n) is 2.86. The quantitative estimate of drug-likeness (QED) is 0.910. The number of aromatic nitrogens is 2.